The number of carboxylic acid groups (broad SMARTS) is 1. The molecule has 0 saturated heterocycles. The first-order chi connectivity index (χ1) is 8.20. The average Bonchev–Trinajstić information content (AvgIpc) is 2.90. The minimum atomic E-state index is -0.972. The lowest BCUT2D eigenvalue weighted by Gasteiger charge is -2.04. The number of hydrogen-bond donors (Lipinski definition) is 1. The lowest BCUT2D eigenvalue weighted by Crippen LogP contribution is -2.05. The number of thiazole rings is 1. The van der Waals surface area contributed by atoms with Gasteiger partial charge < -0.3 is 9.67 Å². The van der Waals surface area contributed by atoms with E-state index in [1.165, 1.54) is 0 Å². The summed E-state index contributed by atoms with van der Waals surface area (Å²) in [6.07, 6.45) is 5.61. The number of aryl methyl sites for hydroxylation is 1. The maximum Gasteiger partial charge on any atom is 0.365 e. The Morgan fingerprint density at radius 3 is 3.06 bits per heavy atom. The Morgan fingerprint density at radius 1 is 1.59 bits per heavy atom. The van der Waals surface area contributed by atoms with E-state index in [9.17, 15) is 4.79 Å². The van der Waals surface area contributed by atoms with Crippen LogP contribution < -0.4 is 0 Å². The monoisotopic (exact) mass is 251 g/mol. The molecule has 0 aliphatic rings. The fourth-order valence-corrected chi connectivity index (χ4v) is 2.23. The highest BCUT2D eigenvalue weighted by Crippen LogP contribution is 2.12. The highest BCUT2D eigenvalue weighted by atomic mass is 32.1. The number of imidazole rings is 1. The van der Waals surface area contributed by atoms with Crippen molar-refractivity contribution in [2.24, 2.45) is 0 Å². The van der Waals surface area contributed by atoms with Crippen LogP contribution in [0.1, 0.15) is 34.7 Å². The zero-order chi connectivity index (χ0) is 12.3. The predicted molar refractivity (Wildman–Crippen MR) is 64.4 cm³/mol. The first-order valence-corrected chi connectivity index (χ1v) is 6.26. The lowest BCUT2D eigenvalue weighted by molar-refractivity contribution is 0.0696. The molecule has 0 aliphatic heterocycles. The van der Waals surface area contributed by atoms with E-state index in [4.69, 9.17) is 5.11 Å². The fourth-order valence-electron chi connectivity index (χ4n) is 1.59. The Kier molecular flexibility index (Phi) is 3.53. The summed E-state index contributed by atoms with van der Waals surface area (Å²) in [7, 11) is 0. The third kappa shape index (κ3) is 2.71. The normalized spacial score (nSPS) is 10.6. The van der Waals surface area contributed by atoms with Crippen LogP contribution in [0.15, 0.2) is 17.8 Å². The number of carbonyl (C=O) groups is 1. The van der Waals surface area contributed by atoms with Gasteiger partial charge in [0.1, 0.15) is 5.82 Å². The van der Waals surface area contributed by atoms with Crippen LogP contribution >= 0.6 is 11.3 Å². The van der Waals surface area contributed by atoms with Crippen molar-refractivity contribution in [2.45, 2.75) is 26.3 Å². The van der Waals surface area contributed by atoms with Crippen molar-refractivity contribution in [3.05, 3.63) is 34.3 Å². The quantitative estimate of drug-likeness (QED) is 0.883. The maximum atomic E-state index is 10.7. The molecular weight excluding hydrogens is 238 g/mol. The predicted octanol–water partition coefficient (Wildman–Crippen LogP) is 2.04. The van der Waals surface area contributed by atoms with Gasteiger partial charge in [-0.15, -0.1) is 11.3 Å². The van der Waals surface area contributed by atoms with E-state index in [1.807, 2.05) is 10.8 Å². The Morgan fingerprint density at radius 2 is 2.41 bits per heavy atom. The first kappa shape index (κ1) is 11.8. The molecule has 0 atom stereocenters. The lowest BCUT2D eigenvalue weighted by atomic mass is 10.3. The summed E-state index contributed by atoms with van der Waals surface area (Å²) in [5.41, 5.74) is 0.766. The van der Waals surface area contributed by atoms with Gasteiger partial charge in [-0.05, 0) is 6.42 Å². The van der Waals surface area contributed by atoms with E-state index in [0.29, 0.717) is 6.54 Å². The SMILES string of the molecule is CCCc1nccn1Cc1csc(C(=O)O)n1. The Balaban J connectivity index is 2.13. The van der Waals surface area contributed by atoms with Crippen molar-refractivity contribution in [1.82, 2.24) is 14.5 Å². The number of aromatic carboxylic acids is 1. The van der Waals surface area contributed by atoms with Crippen LogP contribution in [0.25, 0.3) is 0 Å². The van der Waals surface area contributed by atoms with Gasteiger partial charge in [0.2, 0.25) is 5.01 Å². The standard InChI is InChI=1S/C11H13N3O2S/c1-2-3-9-12-4-5-14(9)6-8-7-17-10(13-8)11(15)16/h4-5,7H,2-3,6H2,1H3,(H,15,16). The minimum Gasteiger partial charge on any atom is -0.476 e. The molecule has 5 nitrogen and oxygen atoms in total. The summed E-state index contributed by atoms with van der Waals surface area (Å²) < 4.78 is 2.00. The van der Waals surface area contributed by atoms with Gasteiger partial charge in [-0.3, -0.25) is 0 Å². The molecule has 0 saturated carbocycles. The number of hydrogen-bond acceptors (Lipinski definition) is 4. The summed E-state index contributed by atoms with van der Waals surface area (Å²) in [5.74, 6) is 0.0398. The van der Waals surface area contributed by atoms with Crippen molar-refractivity contribution in [2.75, 3.05) is 0 Å². The molecule has 1 N–H and O–H groups in total. The molecule has 2 rings (SSSR count). The summed E-state index contributed by atoms with van der Waals surface area (Å²) in [6, 6.07) is 0. The van der Waals surface area contributed by atoms with E-state index in [1.54, 1.807) is 11.6 Å². The third-order valence-corrected chi connectivity index (χ3v) is 3.22. The molecule has 0 bridgehead atoms. The van der Waals surface area contributed by atoms with Gasteiger partial charge in [0.15, 0.2) is 0 Å². The smallest absolute Gasteiger partial charge is 0.365 e. The van der Waals surface area contributed by atoms with Crippen molar-refractivity contribution in [3.8, 4) is 0 Å². The largest absolute Gasteiger partial charge is 0.476 e. The molecule has 2 heterocycles. The molecule has 0 spiro atoms. The second-order valence-corrected chi connectivity index (χ2v) is 4.53. The van der Waals surface area contributed by atoms with Crippen LogP contribution in [0.3, 0.4) is 0 Å². The van der Waals surface area contributed by atoms with E-state index >= 15 is 0 Å². The number of carboxylic acids is 1. The molecule has 0 aromatic carbocycles. The Labute approximate surface area is 103 Å². The molecule has 0 aliphatic carbocycles. The highest BCUT2D eigenvalue weighted by molar-refractivity contribution is 7.11. The van der Waals surface area contributed by atoms with E-state index in [2.05, 4.69) is 16.9 Å². The second kappa shape index (κ2) is 5.09. The number of aromatic nitrogens is 3. The van der Waals surface area contributed by atoms with Crippen LogP contribution in [-0.4, -0.2) is 25.6 Å². The summed E-state index contributed by atoms with van der Waals surface area (Å²) in [6.45, 7) is 2.68. The van der Waals surface area contributed by atoms with E-state index < -0.39 is 5.97 Å². The van der Waals surface area contributed by atoms with Gasteiger partial charge in [0.25, 0.3) is 0 Å². The Hall–Kier alpha value is -1.69. The van der Waals surface area contributed by atoms with Gasteiger partial charge in [-0.25, -0.2) is 14.8 Å². The van der Waals surface area contributed by atoms with Crippen molar-refractivity contribution in [3.63, 3.8) is 0 Å². The summed E-state index contributed by atoms with van der Waals surface area (Å²) in [4.78, 5) is 19.0. The highest BCUT2D eigenvalue weighted by Gasteiger charge is 2.10. The average molecular weight is 251 g/mol. The molecular formula is C11H13N3O2S. The second-order valence-electron chi connectivity index (χ2n) is 3.67. The van der Waals surface area contributed by atoms with Crippen LogP contribution in [-0.2, 0) is 13.0 Å². The first-order valence-electron chi connectivity index (χ1n) is 5.38. The van der Waals surface area contributed by atoms with Gasteiger partial charge in [0.05, 0.1) is 12.2 Å². The zero-order valence-electron chi connectivity index (χ0n) is 9.46. The van der Waals surface area contributed by atoms with Gasteiger partial charge in [0, 0.05) is 24.2 Å². The molecule has 17 heavy (non-hydrogen) atoms. The van der Waals surface area contributed by atoms with E-state index in [0.717, 1.165) is 35.7 Å². The molecule has 2 aromatic rings. The molecule has 90 valence electrons. The van der Waals surface area contributed by atoms with E-state index in [-0.39, 0.29) is 5.01 Å². The summed E-state index contributed by atoms with van der Waals surface area (Å²) in [5, 5.41) is 10.7. The van der Waals surface area contributed by atoms with Crippen LogP contribution in [0.5, 0.6) is 0 Å². The van der Waals surface area contributed by atoms with Crippen LogP contribution in [0.2, 0.25) is 0 Å². The molecule has 2 aromatic heterocycles. The topological polar surface area (TPSA) is 68.0 Å². The maximum absolute atomic E-state index is 10.7. The Bertz CT molecular complexity index is 518. The van der Waals surface area contributed by atoms with Gasteiger partial charge >= 0.3 is 5.97 Å². The molecule has 6 heteroatoms. The summed E-state index contributed by atoms with van der Waals surface area (Å²) >= 11 is 1.15. The third-order valence-electron chi connectivity index (χ3n) is 2.34. The number of nitrogens with zero attached hydrogens (tertiary/aromatic N) is 3. The fraction of sp³-hybridized carbons (Fsp3) is 0.364. The van der Waals surface area contributed by atoms with Crippen LogP contribution in [0, 0.1) is 0 Å². The van der Waals surface area contributed by atoms with Crippen molar-refractivity contribution >= 4 is 17.3 Å². The van der Waals surface area contributed by atoms with Crippen LogP contribution in [0.4, 0.5) is 0 Å². The molecule has 0 fully saturated rings. The van der Waals surface area contributed by atoms with Gasteiger partial charge in [-0.1, -0.05) is 6.92 Å². The molecule has 0 radical (unpaired) electrons. The molecule has 0 amide bonds. The minimum absolute atomic E-state index is 0.136. The van der Waals surface area contributed by atoms with Gasteiger partial charge in [-0.2, -0.15) is 0 Å². The number of rotatable bonds is 5. The zero-order valence-corrected chi connectivity index (χ0v) is 10.3. The van der Waals surface area contributed by atoms with Crippen molar-refractivity contribution < 1.29 is 9.90 Å². The van der Waals surface area contributed by atoms with Crippen molar-refractivity contribution in [1.29, 1.82) is 0 Å². The molecule has 0 unspecified atom stereocenters.